The fraction of sp³-hybridized carbons (Fsp3) is 0.519. The Labute approximate surface area is 185 Å². The summed E-state index contributed by atoms with van der Waals surface area (Å²) in [6.45, 7) is 3.51. The van der Waals surface area contributed by atoms with Gasteiger partial charge in [0.05, 0.1) is 25.4 Å². The minimum atomic E-state index is -0.392. The van der Waals surface area contributed by atoms with Crippen molar-refractivity contribution in [3.8, 4) is 0 Å². The summed E-state index contributed by atoms with van der Waals surface area (Å²) < 4.78 is 12.7. The Morgan fingerprint density at radius 1 is 1.03 bits per heavy atom. The van der Waals surface area contributed by atoms with Gasteiger partial charge in [-0.25, -0.2) is 0 Å². The molecule has 1 aliphatic carbocycles. The Morgan fingerprint density at radius 3 is 2.42 bits per heavy atom. The number of carbonyl (C=O) groups excluding carboxylic acids is 1. The van der Waals surface area contributed by atoms with E-state index in [1.807, 2.05) is 12.1 Å². The maximum Gasteiger partial charge on any atom is 0.225 e. The first-order valence-electron chi connectivity index (χ1n) is 11.8. The number of nitrogens with zero attached hydrogens (tertiary/aromatic N) is 1. The van der Waals surface area contributed by atoms with Crippen molar-refractivity contribution in [1.82, 2.24) is 4.90 Å². The van der Waals surface area contributed by atoms with Crippen molar-refractivity contribution >= 4 is 5.91 Å². The molecule has 3 aliphatic rings. The highest BCUT2D eigenvalue weighted by molar-refractivity contribution is 5.80. The number of benzene rings is 2. The Kier molecular flexibility index (Phi) is 5.85. The number of ether oxygens (including phenoxy) is 2. The number of hydrogen-bond acceptors (Lipinski definition) is 3. The Hall–Kier alpha value is -2.17. The first kappa shape index (κ1) is 20.7. The van der Waals surface area contributed by atoms with Gasteiger partial charge in [-0.1, -0.05) is 60.7 Å². The summed E-state index contributed by atoms with van der Waals surface area (Å²) >= 11 is 0. The highest BCUT2D eigenvalue weighted by atomic mass is 16.5. The molecule has 1 amide bonds. The smallest absolute Gasteiger partial charge is 0.225 e. The van der Waals surface area contributed by atoms with E-state index in [2.05, 4.69) is 60.4 Å². The first-order valence-corrected chi connectivity index (χ1v) is 11.8. The predicted octanol–water partition coefficient (Wildman–Crippen LogP) is 5.49. The molecule has 2 aromatic rings. The van der Waals surface area contributed by atoms with Crippen molar-refractivity contribution in [3.05, 3.63) is 71.8 Å². The van der Waals surface area contributed by atoms with Crippen LogP contribution in [0.1, 0.15) is 62.6 Å². The average Bonchev–Trinajstić information content (AvgIpc) is 3.38. The van der Waals surface area contributed by atoms with E-state index in [1.165, 1.54) is 11.1 Å². The van der Waals surface area contributed by atoms with Crippen LogP contribution in [0, 0.1) is 11.8 Å². The lowest BCUT2D eigenvalue weighted by Gasteiger charge is -2.43. The quantitative estimate of drug-likeness (QED) is 0.622. The standard InChI is InChI=1S/C27H33NO3/c1-20(30-18-21-8-4-2-5-9-21)22-12-14-24(15-13-22)27-17-16-26(29)28(27)25(19-31-27)23-10-6-3-7-11-23/h2-11,20,22,24-25H,12-19H2,1H3/t20?,22?,24?,25-,27+/m1/s1. The normalized spacial score (nSPS) is 31.6. The Bertz CT molecular complexity index is 878. The average molecular weight is 420 g/mol. The minimum Gasteiger partial charge on any atom is -0.374 e. The van der Waals surface area contributed by atoms with Gasteiger partial charge in [0.1, 0.15) is 5.72 Å². The summed E-state index contributed by atoms with van der Waals surface area (Å²) in [6, 6.07) is 20.8. The molecule has 4 nitrogen and oxygen atoms in total. The molecule has 0 bridgehead atoms. The molecule has 3 atom stereocenters. The molecule has 0 N–H and O–H groups in total. The van der Waals surface area contributed by atoms with Crippen LogP contribution in [0.2, 0.25) is 0 Å². The Morgan fingerprint density at radius 2 is 1.71 bits per heavy atom. The molecule has 4 heteroatoms. The molecule has 0 radical (unpaired) electrons. The molecule has 1 saturated carbocycles. The summed E-state index contributed by atoms with van der Waals surface area (Å²) in [6.07, 6.45) is 6.20. The third kappa shape index (κ3) is 3.92. The maximum absolute atomic E-state index is 12.9. The molecule has 0 spiro atoms. The van der Waals surface area contributed by atoms with Crippen LogP contribution in [-0.2, 0) is 20.9 Å². The van der Waals surface area contributed by atoms with Crippen LogP contribution < -0.4 is 0 Å². The van der Waals surface area contributed by atoms with E-state index < -0.39 is 5.72 Å². The number of amides is 1. The molecular formula is C27H33NO3. The van der Waals surface area contributed by atoms with Gasteiger partial charge in [-0.15, -0.1) is 0 Å². The zero-order valence-corrected chi connectivity index (χ0v) is 18.4. The summed E-state index contributed by atoms with van der Waals surface area (Å²) in [5, 5.41) is 0. The second kappa shape index (κ2) is 8.76. The molecule has 5 rings (SSSR count). The lowest BCUT2D eigenvalue weighted by Crippen LogP contribution is -2.49. The zero-order chi connectivity index (χ0) is 21.3. The van der Waals surface area contributed by atoms with Gasteiger partial charge in [0.25, 0.3) is 0 Å². The van der Waals surface area contributed by atoms with Crippen LogP contribution >= 0.6 is 0 Å². The molecule has 1 unspecified atom stereocenters. The van der Waals surface area contributed by atoms with Crippen molar-refractivity contribution in [2.45, 2.75) is 69.9 Å². The highest BCUT2D eigenvalue weighted by Crippen LogP contribution is 2.52. The van der Waals surface area contributed by atoms with Crippen LogP contribution in [0.25, 0.3) is 0 Å². The topological polar surface area (TPSA) is 38.8 Å². The largest absolute Gasteiger partial charge is 0.374 e. The third-order valence-electron chi connectivity index (χ3n) is 7.79. The monoisotopic (exact) mass is 419 g/mol. The van der Waals surface area contributed by atoms with E-state index in [-0.39, 0.29) is 18.1 Å². The van der Waals surface area contributed by atoms with Crippen LogP contribution in [0.4, 0.5) is 0 Å². The summed E-state index contributed by atoms with van der Waals surface area (Å²) in [5.41, 5.74) is 2.03. The minimum absolute atomic E-state index is 0.0575. The van der Waals surface area contributed by atoms with Gasteiger partial charge in [-0.2, -0.15) is 0 Å². The van der Waals surface area contributed by atoms with Gasteiger partial charge < -0.3 is 14.4 Å². The van der Waals surface area contributed by atoms with Gasteiger partial charge in [-0.05, 0) is 49.7 Å². The summed E-state index contributed by atoms with van der Waals surface area (Å²) in [4.78, 5) is 15.0. The van der Waals surface area contributed by atoms with Crippen molar-refractivity contribution in [2.75, 3.05) is 6.61 Å². The van der Waals surface area contributed by atoms with Gasteiger partial charge in [0, 0.05) is 18.8 Å². The molecule has 2 aliphatic heterocycles. The van der Waals surface area contributed by atoms with Crippen LogP contribution in [-0.4, -0.2) is 29.2 Å². The van der Waals surface area contributed by atoms with Crippen LogP contribution in [0.3, 0.4) is 0 Å². The number of carbonyl (C=O) groups is 1. The molecular weight excluding hydrogens is 386 g/mol. The summed E-state index contributed by atoms with van der Waals surface area (Å²) in [7, 11) is 0. The third-order valence-corrected chi connectivity index (χ3v) is 7.79. The van der Waals surface area contributed by atoms with Gasteiger partial charge >= 0.3 is 0 Å². The van der Waals surface area contributed by atoms with Crippen molar-refractivity contribution < 1.29 is 14.3 Å². The maximum atomic E-state index is 12.9. The fourth-order valence-corrected chi connectivity index (χ4v) is 6.03. The highest BCUT2D eigenvalue weighted by Gasteiger charge is 2.58. The zero-order valence-electron chi connectivity index (χ0n) is 18.4. The molecule has 2 aromatic carbocycles. The number of hydrogen-bond donors (Lipinski definition) is 0. The SMILES string of the molecule is CC(OCc1ccccc1)C1CCC([C@@]23CCC(=O)N2[C@@H](c2ccccc2)CO3)CC1. The number of rotatable bonds is 6. The van der Waals surface area contributed by atoms with E-state index in [4.69, 9.17) is 9.47 Å². The van der Waals surface area contributed by atoms with Crippen LogP contribution in [0.15, 0.2) is 60.7 Å². The van der Waals surface area contributed by atoms with Gasteiger partial charge in [-0.3, -0.25) is 4.79 Å². The molecule has 0 aromatic heterocycles. The molecule has 31 heavy (non-hydrogen) atoms. The van der Waals surface area contributed by atoms with E-state index in [9.17, 15) is 4.79 Å². The second-order valence-corrected chi connectivity index (χ2v) is 9.46. The molecule has 164 valence electrons. The van der Waals surface area contributed by atoms with E-state index in [0.717, 1.165) is 32.1 Å². The second-order valence-electron chi connectivity index (χ2n) is 9.46. The molecule has 3 fully saturated rings. The van der Waals surface area contributed by atoms with Gasteiger partial charge in [0.2, 0.25) is 5.91 Å². The molecule has 2 heterocycles. The predicted molar refractivity (Wildman–Crippen MR) is 120 cm³/mol. The van der Waals surface area contributed by atoms with Crippen molar-refractivity contribution in [1.29, 1.82) is 0 Å². The molecule has 2 saturated heterocycles. The lowest BCUT2D eigenvalue weighted by molar-refractivity contribution is -0.152. The number of fused-ring (bicyclic) bond motifs is 1. The van der Waals surface area contributed by atoms with Crippen molar-refractivity contribution in [2.24, 2.45) is 11.8 Å². The first-order chi connectivity index (χ1) is 15.2. The summed E-state index contributed by atoms with van der Waals surface area (Å²) in [5.74, 6) is 1.26. The fourth-order valence-electron chi connectivity index (χ4n) is 6.03. The lowest BCUT2D eigenvalue weighted by atomic mass is 9.74. The Balaban J connectivity index is 1.22. The van der Waals surface area contributed by atoms with Crippen LogP contribution in [0.5, 0.6) is 0 Å². The van der Waals surface area contributed by atoms with E-state index in [1.54, 1.807) is 0 Å². The van der Waals surface area contributed by atoms with E-state index >= 15 is 0 Å². The van der Waals surface area contributed by atoms with E-state index in [0.29, 0.717) is 31.5 Å². The van der Waals surface area contributed by atoms with Gasteiger partial charge in [0.15, 0.2) is 0 Å². The van der Waals surface area contributed by atoms with Crippen molar-refractivity contribution in [3.63, 3.8) is 0 Å².